The molecule has 1 saturated carbocycles. The maximum atomic E-state index is 14.1. The van der Waals surface area contributed by atoms with Crippen molar-refractivity contribution < 1.29 is 23.1 Å². The smallest absolute Gasteiger partial charge is 0.224 e. The molecule has 1 aliphatic heterocycles. The lowest BCUT2D eigenvalue weighted by atomic mass is 9.72. The zero-order valence-electron chi connectivity index (χ0n) is 18.1. The van der Waals surface area contributed by atoms with Crippen LogP contribution in [0.1, 0.15) is 22.7 Å². The minimum atomic E-state index is -4.19. The van der Waals surface area contributed by atoms with Gasteiger partial charge in [-0.2, -0.15) is 0 Å². The van der Waals surface area contributed by atoms with E-state index in [1.54, 1.807) is 54.6 Å². The molecule has 1 aromatic heterocycles. The van der Waals surface area contributed by atoms with Crippen LogP contribution in [-0.4, -0.2) is 47.9 Å². The van der Waals surface area contributed by atoms with Crippen LogP contribution in [0.15, 0.2) is 71.3 Å². The van der Waals surface area contributed by atoms with Gasteiger partial charge < -0.3 is 9.84 Å². The molecule has 0 spiro atoms. The Morgan fingerprint density at radius 1 is 1.12 bits per heavy atom. The van der Waals surface area contributed by atoms with Crippen LogP contribution in [0.3, 0.4) is 0 Å². The number of halogens is 2. The number of nitrogens with zero attached hydrogens (tertiary/aromatic N) is 2. The maximum Gasteiger partial charge on any atom is 0.224 e. The third-order valence-electron chi connectivity index (χ3n) is 6.59. The number of ether oxygens (including phenoxy) is 1. The van der Waals surface area contributed by atoms with Crippen LogP contribution < -0.4 is 4.74 Å². The van der Waals surface area contributed by atoms with Crippen LogP contribution in [0.25, 0.3) is 0 Å². The van der Waals surface area contributed by atoms with Gasteiger partial charge in [-0.3, -0.25) is 9.78 Å². The third-order valence-corrected chi connectivity index (χ3v) is 9.47. The lowest BCUT2D eigenvalue weighted by molar-refractivity contribution is -0.151. The van der Waals surface area contributed by atoms with Gasteiger partial charge in [0.1, 0.15) is 16.7 Å². The molecule has 1 aliphatic carbocycles. The number of aromatic nitrogens is 1. The van der Waals surface area contributed by atoms with Gasteiger partial charge in [0.2, 0.25) is 15.6 Å². The van der Waals surface area contributed by atoms with E-state index in [0.29, 0.717) is 11.1 Å². The van der Waals surface area contributed by atoms with E-state index in [4.69, 9.17) is 16.3 Å². The first kappa shape index (κ1) is 23.4. The zero-order chi connectivity index (χ0) is 24.5. The Balaban J connectivity index is 1.91. The molecule has 2 heterocycles. The van der Waals surface area contributed by atoms with E-state index in [9.17, 15) is 18.3 Å². The summed E-state index contributed by atoms with van der Waals surface area (Å²) in [6, 6.07) is 17.1. The van der Waals surface area contributed by atoms with Gasteiger partial charge in [0.25, 0.3) is 0 Å². The van der Waals surface area contributed by atoms with Crippen LogP contribution >= 0.6 is 27.5 Å². The molecule has 4 unspecified atom stereocenters. The van der Waals surface area contributed by atoms with Crippen molar-refractivity contribution in [3.05, 3.63) is 93.2 Å². The van der Waals surface area contributed by atoms with Gasteiger partial charge in [-0.15, -0.1) is 0 Å². The number of Topliss-reactive ketones (excluding diaryl/α,β-unsaturated/α-hetero) is 1. The second-order valence-corrected chi connectivity index (χ2v) is 12.2. The topological polar surface area (TPSA) is 96.8 Å². The maximum absolute atomic E-state index is 14.1. The minimum Gasteiger partial charge on any atom is -0.476 e. The van der Waals surface area contributed by atoms with Crippen molar-refractivity contribution >= 4 is 43.3 Å². The number of pyridine rings is 1. The Morgan fingerprint density at radius 2 is 1.76 bits per heavy atom. The summed E-state index contributed by atoms with van der Waals surface area (Å²) in [4.78, 5) is 18.4. The third kappa shape index (κ3) is 2.97. The fraction of sp³-hybridized carbons (Fsp3) is 0.250. The van der Waals surface area contributed by atoms with E-state index in [1.807, 2.05) is 0 Å². The van der Waals surface area contributed by atoms with E-state index in [-0.39, 0.29) is 16.5 Å². The van der Waals surface area contributed by atoms with E-state index in [1.165, 1.54) is 26.4 Å². The van der Waals surface area contributed by atoms with Crippen molar-refractivity contribution in [1.82, 2.24) is 9.29 Å². The Labute approximate surface area is 210 Å². The molecule has 176 valence electrons. The molecule has 1 N–H and O–H groups in total. The molecule has 10 heteroatoms. The van der Waals surface area contributed by atoms with Crippen LogP contribution in [-0.2, 0) is 26.0 Å². The molecule has 0 radical (unpaired) electrons. The summed E-state index contributed by atoms with van der Waals surface area (Å²) in [5.74, 6) is -1.85. The highest BCUT2D eigenvalue weighted by atomic mass is 79.9. The standard InChI is InChI=1S/C24H20BrClN2O5S/c1-28(2)34(31,32)20-19(14-6-4-3-5-7-14)24(15-8-10-16(25)11-9-15)23(30,22(20)29)21-18(33-24)12-17(26)13-27-21/h3-13,19-20,30H,1-2H3. The van der Waals surface area contributed by atoms with E-state index < -0.39 is 38.2 Å². The summed E-state index contributed by atoms with van der Waals surface area (Å²) in [6.07, 6.45) is 1.30. The van der Waals surface area contributed by atoms with Crippen LogP contribution in [0.4, 0.5) is 0 Å². The summed E-state index contributed by atoms with van der Waals surface area (Å²) in [5.41, 5.74) is -3.27. The fourth-order valence-electron chi connectivity index (χ4n) is 5.10. The molecule has 4 atom stereocenters. The first-order valence-corrected chi connectivity index (χ1v) is 13.1. The first-order valence-electron chi connectivity index (χ1n) is 10.4. The molecule has 5 rings (SSSR count). The number of hydrogen-bond donors (Lipinski definition) is 1. The van der Waals surface area contributed by atoms with Gasteiger partial charge in [0.05, 0.1) is 10.9 Å². The Kier molecular flexibility index (Phi) is 5.42. The molecule has 1 fully saturated rings. The largest absolute Gasteiger partial charge is 0.476 e. The minimum absolute atomic E-state index is 0.0535. The van der Waals surface area contributed by atoms with Gasteiger partial charge in [-0.1, -0.05) is 70.0 Å². The second-order valence-electron chi connectivity index (χ2n) is 8.56. The van der Waals surface area contributed by atoms with Gasteiger partial charge in [0, 0.05) is 30.8 Å². The van der Waals surface area contributed by atoms with Crippen molar-refractivity contribution in [2.24, 2.45) is 0 Å². The van der Waals surface area contributed by atoms with E-state index >= 15 is 0 Å². The Hall–Kier alpha value is -2.30. The monoisotopic (exact) mass is 562 g/mol. The highest BCUT2D eigenvalue weighted by Crippen LogP contribution is 2.66. The van der Waals surface area contributed by atoms with E-state index in [0.717, 1.165) is 8.78 Å². The molecular formula is C24H20BrClN2O5S. The average Bonchev–Trinajstić information content (AvgIpc) is 3.17. The van der Waals surface area contributed by atoms with Gasteiger partial charge >= 0.3 is 0 Å². The van der Waals surface area contributed by atoms with Crippen molar-refractivity contribution in [2.45, 2.75) is 22.4 Å². The number of rotatable bonds is 4. The molecular weight excluding hydrogens is 544 g/mol. The molecule has 2 aromatic carbocycles. The molecule has 34 heavy (non-hydrogen) atoms. The molecule has 3 aromatic rings. The summed E-state index contributed by atoms with van der Waals surface area (Å²) in [5, 5.41) is 10.9. The summed E-state index contributed by atoms with van der Waals surface area (Å²) in [6.45, 7) is 0. The number of sulfonamides is 1. The number of ketones is 1. The number of carbonyl (C=O) groups excluding carboxylic acids is 1. The predicted molar refractivity (Wildman–Crippen MR) is 130 cm³/mol. The average molecular weight is 564 g/mol. The SMILES string of the molecule is CN(C)S(=O)(=O)C1C(=O)C2(O)c3ncc(Cl)cc3OC2(c2ccc(Br)cc2)C1c1ccccc1. The number of hydrogen-bond acceptors (Lipinski definition) is 6. The highest BCUT2D eigenvalue weighted by Gasteiger charge is 2.79. The fourth-order valence-corrected chi connectivity index (χ4v) is 7.10. The van der Waals surface area contributed by atoms with Gasteiger partial charge in [0.15, 0.2) is 11.4 Å². The quantitative estimate of drug-likeness (QED) is 0.521. The number of carbonyl (C=O) groups is 1. The molecule has 2 aliphatic rings. The van der Waals surface area contributed by atoms with Crippen molar-refractivity contribution in [2.75, 3.05) is 14.1 Å². The normalized spacial score (nSPS) is 28.0. The Morgan fingerprint density at radius 3 is 2.38 bits per heavy atom. The lowest BCUT2D eigenvalue weighted by Crippen LogP contribution is -2.51. The predicted octanol–water partition coefficient (Wildman–Crippen LogP) is 3.60. The van der Waals surface area contributed by atoms with Crippen LogP contribution in [0.5, 0.6) is 5.75 Å². The second kappa shape index (κ2) is 7.86. The lowest BCUT2D eigenvalue weighted by Gasteiger charge is -2.39. The molecule has 0 amide bonds. The van der Waals surface area contributed by atoms with Crippen molar-refractivity contribution in [1.29, 1.82) is 0 Å². The molecule has 0 bridgehead atoms. The molecule has 7 nitrogen and oxygen atoms in total. The number of aliphatic hydroxyl groups is 1. The van der Waals surface area contributed by atoms with Crippen molar-refractivity contribution in [3.63, 3.8) is 0 Å². The Bertz CT molecular complexity index is 1400. The first-order chi connectivity index (χ1) is 16.0. The molecule has 0 saturated heterocycles. The van der Waals surface area contributed by atoms with E-state index in [2.05, 4.69) is 20.9 Å². The van der Waals surface area contributed by atoms with Gasteiger partial charge in [-0.05, 0) is 23.3 Å². The summed E-state index contributed by atoms with van der Waals surface area (Å²) < 4.78 is 35.4. The zero-order valence-corrected chi connectivity index (χ0v) is 21.3. The van der Waals surface area contributed by atoms with Crippen molar-refractivity contribution in [3.8, 4) is 5.75 Å². The number of fused-ring (bicyclic) bond motifs is 3. The van der Waals surface area contributed by atoms with Crippen LogP contribution in [0, 0.1) is 0 Å². The summed E-state index contributed by atoms with van der Waals surface area (Å²) in [7, 11) is -1.46. The van der Waals surface area contributed by atoms with Gasteiger partial charge in [-0.25, -0.2) is 12.7 Å². The van der Waals surface area contributed by atoms with Crippen LogP contribution in [0.2, 0.25) is 5.02 Å². The number of benzene rings is 2. The summed E-state index contributed by atoms with van der Waals surface area (Å²) >= 11 is 9.56. The highest BCUT2D eigenvalue weighted by molar-refractivity contribution is 9.10.